The predicted molar refractivity (Wildman–Crippen MR) is 86.0 cm³/mol. The van der Waals surface area contributed by atoms with Gasteiger partial charge in [0.25, 0.3) is 0 Å². The molecule has 0 unspecified atom stereocenters. The number of hydrogen-bond acceptors (Lipinski definition) is 6. The van der Waals surface area contributed by atoms with E-state index in [9.17, 15) is 0 Å². The standard InChI is InChI=1S/C15H23N5OS/c16-7-1-4-11-22-15-18-17-14(19-8-2-3-9-19)20(15)12-13-6-5-10-21-13/h13H,1-6,8-12H2/t13-/m0/s1. The third-order valence-electron chi connectivity index (χ3n) is 4.16. The summed E-state index contributed by atoms with van der Waals surface area (Å²) in [5.41, 5.74) is 0. The van der Waals surface area contributed by atoms with Crippen molar-refractivity contribution in [2.24, 2.45) is 0 Å². The van der Waals surface area contributed by atoms with Crippen LogP contribution < -0.4 is 4.90 Å². The monoisotopic (exact) mass is 321 g/mol. The molecule has 0 radical (unpaired) electrons. The maximum atomic E-state index is 8.64. The molecule has 0 aliphatic carbocycles. The molecule has 0 aromatic carbocycles. The normalized spacial score (nSPS) is 21.4. The lowest BCUT2D eigenvalue weighted by atomic mass is 10.2. The minimum atomic E-state index is 0.288. The van der Waals surface area contributed by atoms with E-state index in [1.54, 1.807) is 11.8 Å². The molecule has 6 nitrogen and oxygen atoms in total. The summed E-state index contributed by atoms with van der Waals surface area (Å²) in [6.07, 6.45) is 6.52. The van der Waals surface area contributed by atoms with Gasteiger partial charge in [0.15, 0.2) is 5.16 Å². The van der Waals surface area contributed by atoms with Gasteiger partial charge in [0.1, 0.15) is 0 Å². The highest BCUT2D eigenvalue weighted by atomic mass is 32.2. The summed E-state index contributed by atoms with van der Waals surface area (Å²) in [4.78, 5) is 2.33. The molecule has 0 N–H and O–H groups in total. The van der Waals surface area contributed by atoms with E-state index in [-0.39, 0.29) is 6.10 Å². The summed E-state index contributed by atoms with van der Waals surface area (Å²) < 4.78 is 8.03. The van der Waals surface area contributed by atoms with Gasteiger partial charge in [0.05, 0.1) is 18.7 Å². The summed E-state index contributed by atoms with van der Waals surface area (Å²) in [6.45, 7) is 3.86. The Morgan fingerprint density at radius 3 is 2.86 bits per heavy atom. The Morgan fingerprint density at radius 1 is 1.27 bits per heavy atom. The molecule has 120 valence electrons. The van der Waals surface area contributed by atoms with Crippen LogP contribution in [0.3, 0.4) is 0 Å². The molecule has 1 aromatic heterocycles. The Morgan fingerprint density at radius 2 is 2.14 bits per heavy atom. The van der Waals surface area contributed by atoms with E-state index >= 15 is 0 Å². The Labute approximate surface area is 135 Å². The second-order valence-electron chi connectivity index (χ2n) is 5.83. The van der Waals surface area contributed by atoms with E-state index in [1.807, 2.05) is 0 Å². The third kappa shape index (κ3) is 3.73. The minimum Gasteiger partial charge on any atom is -0.376 e. The number of thioether (sulfide) groups is 1. The second-order valence-corrected chi connectivity index (χ2v) is 6.89. The van der Waals surface area contributed by atoms with Crippen LogP contribution in [0.25, 0.3) is 0 Å². The Hall–Kier alpha value is -1.26. The summed E-state index contributed by atoms with van der Waals surface area (Å²) in [5.74, 6) is 1.91. The molecular formula is C15H23N5OS. The van der Waals surface area contributed by atoms with Crippen LogP contribution >= 0.6 is 11.8 Å². The summed E-state index contributed by atoms with van der Waals surface area (Å²) in [7, 11) is 0. The Kier molecular flexibility index (Phi) is 5.57. The van der Waals surface area contributed by atoms with Crippen LogP contribution in [-0.2, 0) is 11.3 Å². The highest BCUT2D eigenvalue weighted by Crippen LogP contribution is 2.27. The molecule has 0 spiro atoms. The van der Waals surface area contributed by atoms with Crippen LogP contribution in [0.2, 0.25) is 0 Å². The van der Waals surface area contributed by atoms with Crippen LogP contribution in [0.15, 0.2) is 5.16 Å². The molecule has 1 aromatic rings. The fraction of sp³-hybridized carbons (Fsp3) is 0.800. The molecular weight excluding hydrogens is 298 g/mol. The number of aromatic nitrogens is 3. The lowest BCUT2D eigenvalue weighted by Crippen LogP contribution is -2.25. The van der Waals surface area contributed by atoms with E-state index in [2.05, 4.69) is 25.7 Å². The predicted octanol–water partition coefficient (Wildman–Crippen LogP) is 2.45. The van der Waals surface area contributed by atoms with Gasteiger partial charge in [-0.3, -0.25) is 4.57 Å². The largest absolute Gasteiger partial charge is 0.376 e. The van der Waals surface area contributed by atoms with Crippen LogP contribution in [0, 0.1) is 11.3 Å². The van der Waals surface area contributed by atoms with Gasteiger partial charge in [-0.15, -0.1) is 10.2 Å². The highest BCUT2D eigenvalue weighted by molar-refractivity contribution is 7.99. The van der Waals surface area contributed by atoms with Gasteiger partial charge in [0.2, 0.25) is 5.95 Å². The van der Waals surface area contributed by atoms with Gasteiger partial charge in [0, 0.05) is 31.9 Å². The molecule has 2 aliphatic heterocycles. The van der Waals surface area contributed by atoms with Gasteiger partial charge in [-0.1, -0.05) is 11.8 Å². The lowest BCUT2D eigenvalue weighted by Gasteiger charge is -2.20. The molecule has 0 saturated carbocycles. The first kappa shape index (κ1) is 15.6. The number of ether oxygens (including phenoxy) is 1. The minimum absolute atomic E-state index is 0.288. The number of nitriles is 1. The molecule has 0 bridgehead atoms. The topological polar surface area (TPSA) is 67.0 Å². The molecule has 3 heterocycles. The third-order valence-corrected chi connectivity index (χ3v) is 5.21. The molecule has 2 aliphatic rings. The smallest absolute Gasteiger partial charge is 0.228 e. The zero-order valence-electron chi connectivity index (χ0n) is 12.9. The maximum absolute atomic E-state index is 8.64. The number of rotatable bonds is 7. The average molecular weight is 321 g/mol. The van der Waals surface area contributed by atoms with E-state index in [4.69, 9.17) is 10.00 Å². The number of unbranched alkanes of at least 4 members (excludes halogenated alkanes) is 1. The second kappa shape index (κ2) is 7.84. The molecule has 3 rings (SSSR count). The van der Waals surface area contributed by atoms with E-state index in [1.165, 1.54) is 12.8 Å². The van der Waals surface area contributed by atoms with E-state index in [0.29, 0.717) is 6.42 Å². The van der Waals surface area contributed by atoms with Gasteiger partial charge < -0.3 is 9.64 Å². The van der Waals surface area contributed by atoms with Crippen molar-refractivity contribution >= 4 is 17.7 Å². The number of nitrogens with zero attached hydrogens (tertiary/aromatic N) is 5. The van der Waals surface area contributed by atoms with Crippen molar-refractivity contribution in [3.05, 3.63) is 0 Å². The lowest BCUT2D eigenvalue weighted by molar-refractivity contribution is 0.0952. The van der Waals surface area contributed by atoms with Crippen molar-refractivity contribution in [3.8, 4) is 6.07 Å². The Balaban J connectivity index is 1.71. The first-order valence-electron chi connectivity index (χ1n) is 8.18. The average Bonchev–Trinajstić information content (AvgIpc) is 3.26. The molecule has 22 heavy (non-hydrogen) atoms. The van der Waals surface area contributed by atoms with E-state index in [0.717, 1.165) is 62.4 Å². The zero-order valence-corrected chi connectivity index (χ0v) is 13.7. The van der Waals surface area contributed by atoms with Crippen LogP contribution in [0.1, 0.15) is 38.5 Å². The Bertz CT molecular complexity index is 514. The summed E-state index contributed by atoms with van der Waals surface area (Å²) in [6, 6.07) is 2.19. The molecule has 7 heteroatoms. The van der Waals surface area contributed by atoms with Gasteiger partial charge >= 0.3 is 0 Å². The summed E-state index contributed by atoms with van der Waals surface area (Å²) >= 11 is 1.71. The SMILES string of the molecule is N#CCCCSc1nnc(N2CCCC2)n1C[C@@H]1CCCO1. The molecule has 2 fully saturated rings. The zero-order chi connectivity index (χ0) is 15.2. The van der Waals surface area contributed by atoms with Crippen LogP contribution in [-0.4, -0.2) is 46.3 Å². The summed E-state index contributed by atoms with van der Waals surface area (Å²) in [5, 5.41) is 18.4. The van der Waals surface area contributed by atoms with Crippen molar-refractivity contribution in [1.82, 2.24) is 14.8 Å². The van der Waals surface area contributed by atoms with Crippen molar-refractivity contribution in [1.29, 1.82) is 5.26 Å². The van der Waals surface area contributed by atoms with Crippen LogP contribution in [0.5, 0.6) is 0 Å². The molecule has 2 saturated heterocycles. The molecule has 1 atom stereocenters. The quantitative estimate of drug-likeness (QED) is 0.568. The number of anilines is 1. The maximum Gasteiger partial charge on any atom is 0.228 e. The van der Waals surface area contributed by atoms with Crippen molar-refractivity contribution < 1.29 is 4.74 Å². The van der Waals surface area contributed by atoms with Gasteiger partial charge in [-0.25, -0.2) is 0 Å². The first-order chi connectivity index (χ1) is 10.9. The fourth-order valence-electron chi connectivity index (χ4n) is 3.01. The van der Waals surface area contributed by atoms with Crippen LogP contribution in [0.4, 0.5) is 5.95 Å². The van der Waals surface area contributed by atoms with Crippen molar-refractivity contribution in [2.45, 2.75) is 56.3 Å². The van der Waals surface area contributed by atoms with Gasteiger partial charge in [-0.2, -0.15) is 5.26 Å². The van der Waals surface area contributed by atoms with Gasteiger partial charge in [-0.05, 0) is 32.1 Å². The highest BCUT2D eigenvalue weighted by Gasteiger charge is 2.25. The fourth-order valence-corrected chi connectivity index (χ4v) is 3.89. The van der Waals surface area contributed by atoms with Crippen molar-refractivity contribution in [2.75, 3.05) is 30.3 Å². The van der Waals surface area contributed by atoms with Crippen molar-refractivity contribution in [3.63, 3.8) is 0 Å². The van der Waals surface area contributed by atoms with E-state index < -0.39 is 0 Å². The number of hydrogen-bond donors (Lipinski definition) is 0. The molecule has 0 amide bonds. The first-order valence-corrected chi connectivity index (χ1v) is 9.16.